The molecule has 12 heteroatoms. The molecule has 0 aliphatic carbocycles. The van der Waals surface area contributed by atoms with Gasteiger partial charge in [0.1, 0.15) is 11.5 Å². The van der Waals surface area contributed by atoms with Crippen molar-refractivity contribution in [2.24, 2.45) is 0 Å². The second-order valence-electron chi connectivity index (χ2n) is 9.46. The maximum absolute atomic E-state index is 10.9. The van der Waals surface area contributed by atoms with E-state index >= 15 is 0 Å². The molecule has 0 unspecified atom stereocenters. The molecule has 0 N–H and O–H groups in total. The van der Waals surface area contributed by atoms with Crippen LogP contribution in [0.2, 0.25) is 0 Å². The van der Waals surface area contributed by atoms with Crippen molar-refractivity contribution in [2.75, 3.05) is 24.7 Å². The summed E-state index contributed by atoms with van der Waals surface area (Å²) in [4.78, 5) is 0. The van der Waals surface area contributed by atoms with E-state index in [1.54, 1.807) is 0 Å². The van der Waals surface area contributed by atoms with E-state index in [0.29, 0.717) is 11.5 Å². The van der Waals surface area contributed by atoms with Gasteiger partial charge in [-0.3, -0.25) is 0 Å². The Morgan fingerprint density at radius 2 is 0.773 bits per heavy atom. The van der Waals surface area contributed by atoms with Crippen LogP contribution in [0.4, 0.5) is 0 Å². The molecule has 0 amide bonds. The van der Waals surface area contributed by atoms with E-state index in [4.69, 9.17) is 9.47 Å². The summed E-state index contributed by atoms with van der Waals surface area (Å²) in [5.74, 6) is 0.167. The second kappa shape index (κ2) is 18.3. The predicted molar refractivity (Wildman–Crippen MR) is 160 cm³/mol. The molecule has 0 bridgehead atoms. The smallest absolute Gasteiger partial charge is 0.748 e. The summed E-state index contributed by atoms with van der Waals surface area (Å²) in [6.07, 6.45) is 0.219. The van der Waals surface area contributed by atoms with Crippen LogP contribution in [0.1, 0.15) is 35.1 Å². The van der Waals surface area contributed by atoms with Gasteiger partial charge in [-0.25, -0.2) is 16.8 Å². The van der Waals surface area contributed by atoms with Gasteiger partial charge in [0.2, 0.25) is 0 Å². The average molecular weight is 653 g/mol. The van der Waals surface area contributed by atoms with Gasteiger partial charge in [-0.05, 0) is 70.5 Å². The molecule has 0 aliphatic rings. The van der Waals surface area contributed by atoms with E-state index < -0.39 is 31.7 Å². The van der Waals surface area contributed by atoms with Crippen LogP contribution in [-0.2, 0) is 20.2 Å². The van der Waals surface area contributed by atoms with Crippen molar-refractivity contribution < 1.29 is 94.5 Å². The summed E-state index contributed by atoms with van der Waals surface area (Å²) in [5, 5.41) is 0. The molecule has 0 aromatic heterocycles. The molecule has 0 aliphatic heterocycles. The van der Waals surface area contributed by atoms with Gasteiger partial charge in [-0.1, -0.05) is 84.9 Å². The van der Waals surface area contributed by atoms with Gasteiger partial charge in [0, 0.05) is 11.5 Å². The van der Waals surface area contributed by atoms with Crippen molar-refractivity contribution in [1.29, 1.82) is 0 Å². The third-order valence-electron chi connectivity index (χ3n) is 6.28. The maximum Gasteiger partial charge on any atom is 1.00 e. The van der Waals surface area contributed by atoms with Crippen LogP contribution < -0.4 is 68.6 Å². The molecule has 0 spiro atoms. The first kappa shape index (κ1) is 38.2. The van der Waals surface area contributed by atoms with E-state index in [0.717, 1.165) is 33.4 Å². The first-order valence-corrected chi connectivity index (χ1v) is 16.4. The molecule has 0 saturated carbocycles. The standard InChI is InChI=1S/C32H32O8S2.2Na/c33-41(34,35)23-7-21-39-29-17-13-27(14-18-29)31(25-9-3-1-4-10-25)32(26-11-5-2-6-12-26)28-15-19-30(20-16-28)40-22-8-24-42(36,37)38;;/h1-6,9-20H,7-8,21-24H2,(H,33,34,35)(H,36,37,38);;/q;2*+1/p-2. The SMILES string of the molecule is O=S(=O)([O-])CCCOc1ccc(C(=C(c2ccccc2)c2ccc(OCCCS(=O)(=O)[O-])cc2)c2ccccc2)cc1.[Na+].[Na+]. The molecule has 0 radical (unpaired) electrons. The van der Waals surface area contributed by atoms with Crippen molar-refractivity contribution in [1.82, 2.24) is 0 Å². The van der Waals surface area contributed by atoms with E-state index in [1.165, 1.54) is 0 Å². The molecule has 44 heavy (non-hydrogen) atoms. The summed E-state index contributed by atoms with van der Waals surface area (Å²) in [6.45, 7) is 0.219. The number of benzene rings is 4. The normalized spacial score (nSPS) is 11.9. The zero-order valence-corrected chi connectivity index (χ0v) is 30.4. The Morgan fingerprint density at radius 1 is 0.477 bits per heavy atom. The fourth-order valence-corrected chi connectivity index (χ4v) is 5.35. The first-order chi connectivity index (χ1) is 20.1. The third kappa shape index (κ3) is 12.4. The predicted octanol–water partition coefficient (Wildman–Crippen LogP) is -0.670. The second-order valence-corrected chi connectivity index (χ2v) is 12.5. The molecule has 8 nitrogen and oxygen atoms in total. The molecule has 4 aromatic carbocycles. The Kier molecular flexibility index (Phi) is 15.9. The quantitative estimate of drug-likeness (QED) is 0.0759. The minimum absolute atomic E-state index is 0. The van der Waals surface area contributed by atoms with Crippen LogP contribution in [0.3, 0.4) is 0 Å². The van der Waals surface area contributed by atoms with Crippen molar-refractivity contribution in [3.05, 3.63) is 131 Å². The maximum atomic E-state index is 10.9. The third-order valence-corrected chi connectivity index (χ3v) is 7.85. The van der Waals surface area contributed by atoms with Crippen LogP contribution in [0.15, 0.2) is 109 Å². The van der Waals surface area contributed by atoms with Crippen LogP contribution in [-0.4, -0.2) is 50.7 Å². The fraction of sp³-hybridized carbons (Fsp3) is 0.188. The number of hydrogen-bond donors (Lipinski definition) is 0. The van der Waals surface area contributed by atoms with E-state index in [1.807, 2.05) is 109 Å². The van der Waals surface area contributed by atoms with Crippen LogP contribution in [0.5, 0.6) is 11.5 Å². The molecule has 0 atom stereocenters. The van der Waals surface area contributed by atoms with Gasteiger partial charge in [0.15, 0.2) is 0 Å². The molecule has 4 aromatic rings. The van der Waals surface area contributed by atoms with Gasteiger partial charge < -0.3 is 18.6 Å². The fourth-order valence-electron chi connectivity index (χ4n) is 4.41. The largest absolute Gasteiger partial charge is 1.00 e. The number of ether oxygens (including phenoxy) is 2. The number of rotatable bonds is 14. The topological polar surface area (TPSA) is 133 Å². The van der Waals surface area contributed by atoms with Crippen LogP contribution in [0.25, 0.3) is 11.1 Å². The zero-order chi connectivity index (χ0) is 30.0. The minimum Gasteiger partial charge on any atom is -0.748 e. The Morgan fingerprint density at radius 3 is 1.07 bits per heavy atom. The van der Waals surface area contributed by atoms with E-state index in [-0.39, 0.29) is 85.2 Å². The summed E-state index contributed by atoms with van der Waals surface area (Å²) < 4.78 is 76.4. The Hall–Kier alpha value is -1.96. The van der Waals surface area contributed by atoms with Crippen LogP contribution >= 0.6 is 0 Å². The molecule has 0 heterocycles. The van der Waals surface area contributed by atoms with Gasteiger partial charge in [-0.15, -0.1) is 0 Å². The van der Waals surface area contributed by atoms with Gasteiger partial charge >= 0.3 is 59.1 Å². The molecule has 220 valence electrons. The molecular formula is C32H30Na2O8S2. The molecular weight excluding hydrogens is 622 g/mol. The van der Waals surface area contributed by atoms with Crippen LogP contribution in [0, 0.1) is 0 Å². The Balaban J connectivity index is 0.00000337. The van der Waals surface area contributed by atoms with E-state index in [9.17, 15) is 25.9 Å². The summed E-state index contributed by atoms with van der Waals surface area (Å²) in [5.41, 5.74) is 5.78. The van der Waals surface area contributed by atoms with Crippen molar-refractivity contribution >= 4 is 31.4 Å². The summed E-state index contributed by atoms with van der Waals surface area (Å²) in [6, 6.07) is 34.9. The van der Waals surface area contributed by atoms with Crippen molar-refractivity contribution in [3.63, 3.8) is 0 Å². The summed E-state index contributed by atoms with van der Waals surface area (Å²) >= 11 is 0. The van der Waals surface area contributed by atoms with Gasteiger partial charge in [-0.2, -0.15) is 0 Å². The molecule has 4 rings (SSSR count). The molecule has 0 saturated heterocycles. The minimum atomic E-state index is -4.28. The van der Waals surface area contributed by atoms with E-state index in [2.05, 4.69) is 0 Å². The Labute approximate surface area is 303 Å². The van der Waals surface area contributed by atoms with Crippen molar-refractivity contribution in [3.8, 4) is 11.5 Å². The summed E-state index contributed by atoms with van der Waals surface area (Å²) in [7, 11) is -8.56. The van der Waals surface area contributed by atoms with Gasteiger partial charge in [0.05, 0.1) is 33.5 Å². The average Bonchev–Trinajstić information content (AvgIpc) is 2.97. The monoisotopic (exact) mass is 652 g/mol. The zero-order valence-electron chi connectivity index (χ0n) is 24.7. The number of hydrogen-bond acceptors (Lipinski definition) is 8. The Bertz CT molecular complexity index is 1570. The first-order valence-electron chi connectivity index (χ1n) is 13.3. The molecule has 0 fully saturated rings. The van der Waals surface area contributed by atoms with Gasteiger partial charge in [0.25, 0.3) is 0 Å². The van der Waals surface area contributed by atoms with Crippen molar-refractivity contribution in [2.45, 2.75) is 12.8 Å².